The van der Waals surface area contributed by atoms with E-state index in [0.717, 1.165) is 33.5 Å². The van der Waals surface area contributed by atoms with Crippen LogP contribution >= 0.6 is 0 Å². The summed E-state index contributed by atoms with van der Waals surface area (Å²) in [5.41, 5.74) is 4.11. The summed E-state index contributed by atoms with van der Waals surface area (Å²) in [7, 11) is 7.28. The van der Waals surface area contributed by atoms with E-state index in [0.29, 0.717) is 0 Å². The number of methoxy groups -OCH3 is 1. The minimum atomic E-state index is 0.848. The molecule has 1 aromatic heterocycles. The van der Waals surface area contributed by atoms with Gasteiger partial charge in [-0.3, -0.25) is 0 Å². The van der Waals surface area contributed by atoms with Crippen molar-refractivity contribution in [3.05, 3.63) is 60.2 Å². The summed E-state index contributed by atoms with van der Waals surface area (Å²) in [5, 5.41) is 1.04. The van der Waals surface area contributed by atoms with Crippen LogP contribution in [0.2, 0.25) is 0 Å². The monoisotopic (exact) mass is 259 g/mol. The van der Waals surface area contributed by atoms with Gasteiger partial charge in [0.05, 0.1) is 0 Å². The molecule has 0 unspecified atom stereocenters. The summed E-state index contributed by atoms with van der Waals surface area (Å²) in [6.07, 6.45) is 0. The molecule has 0 saturated carbocycles. The van der Waals surface area contributed by atoms with Gasteiger partial charge in [-0.05, 0) is 0 Å². The SMILES string of the molecule is [B]=Cc1ccc2c(OC)cc(-c3ccccc3)[nH+]c2c1. The first kappa shape index (κ1) is 12.6. The second-order valence-electron chi connectivity index (χ2n) is 4.59. The number of pyridine rings is 1. The van der Waals surface area contributed by atoms with Gasteiger partial charge in [-0.2, -0.15) is 0 Å². The van der Waals surface area contributed by atoms with Gasteiger partial charge in [0.15, 0.2) is 0 Å². The van der Waals surface area contributed by atoms with E-state index in [4.69, 9.17) is 12.2 Å². The van der Waals surface area contributed by atoms with Crippen molar-refractivity contribution in [3.8, 4) is 17.0 Å². The fraction of sp³-hybridized carbons (Fsp3) is 0.0588. The predicted octanol–water partition coefficient (Wildman–Crippen LogP) is 2.65. The van der Waals surface area contributed by atoms with Crippen LogP contribution in [0.1, 0.15) is 5.56 Å². The Balaban J connectivity index is 2.27. The van der Waals surface area contributed by atoms with Crippen LogP contribution in [-0.2, 0) is 0 Å². The van der Waals surface area contributed by atoms with Crippen molar-refractivity contribution in [2.75, 3.05) is 7.11 Å². The van der Waals surface area contributed by atoms with Crippen LogP contribution in [0.5, 0.6) is 5.75 Å². The van der Waals surface area contributed by atoms with Gasteiger partial charge in [0.25, 0.3) is 0 Å². The van der Waals surface area contributed by atoms with E-state index in [1.165, 1.54) is 0 Å². The normalized spacial score (nSPS) is 10.4. The summed E-state index contributed by atoms with van der Waals surface area (Å²) >= 11 is 0. The molecule has 0 spiro atoms. The van der Waals surface area contributed by atoms with Crippen molar-refractivity contribution in [2.24, 2.45) is 0 Å². The van der Waals surface area contributed by atoms with Crippen molar-refractivity contribution in [2.45, 2.75) is 0 Å². The molecule has 1 N–H and O–H groups in total. The Morgan fingerprint density at radius 3 is 2.55 bits per heavy atom. The van der Waals surface area contributed by atoms with E-state index in [9.17, 15) is 0 Å². The Labute approximate surface area is 119 Å². The molecular formula is C17H14BNO+. The standard InChI is InChI=1S/C17H13BNO/c1-20-17-10-15(13-5-3-2-4-6-13)19-16-9-12(11-18)7-8-14(16)17/h2-11H,1H3/p+1. The Kier molecular flexibility index (Phi) is 3.34. The van der Waals surface area contributed by atoms with Crippen molar-refractivity contribution >= 4 is 24.4 Å². The molecule has 1 radical (unpaired) electrons. The van der Waals surface area contributed by atoms with Crippen molar-refractivity contribution < 1.29 is 9.72 Å². The number of benzene rings is 2. The second-order valence-corrected chi connectivity index (χ2v) is 4.59. The molecule has 3 aromatic rings. The zero-order chi connectivity index (χ0) is 13.9. The third kappa shape index (κ3) is 2.23. The van der Waals surface area contributed by atoms with E-state index in [1.807, 2.05) is 42.5 Å². The molecular weight excluding hydrogens is 245 g/mol. The van der Waals surface area contributed by atoms with Crippen LogP contribution < -0.4 is 9.72 Å². The first-order chi connectivity index (χ1) is 9.81. The van der Waals surface area contributed by atoms with Crippen LogP contribution in [0.3, 0.4) is 0 Å². The fourth-order valence-electron chi connectivity index (χ4n) is 2.32. The summed E-state index contributed by atoms with van der Waals surface area (Å²) in [5.74, 6) is 2.44. The maximum atomic E-state index is 5.59. The van der Waals surface area contributed by atoms with Crippen molar-refractivity contribution in [1.82, 2.24) is 0 Å². The number of aromatic nitrogens is 1. The molecule has 0 amide bonds. The van der Waals surface area contributed by atoms with Crippen molar-refractivity contribution in [1.29, 1.82) is 0 Å². The minimum absolute atomic E-state index is 0.848. The van der Waals surface area contributed by atoms with Gasteiger partial charge in [0, 0.05) is 0 Å². The molecule has 0 bridgehead atoms. The van der Waals surface area contributed by atoms with Crippen LogP contribution in [0, 0.1) is 0 Å². The number of fused-ring (bicyclic) bond motifs is 1. The predicted molar refractivity (Wildman–Crippen MR) is 83.4 cm³/mol. The van der Waals surface area contributed by atoms with Gasteiger partial charge in [0.1, 0.15) is 0 Å². The Morgan fingerprint density at radius 1 is 1.05 bits per heavy atom. The third-order valence-electron chi connectivity index (χ3n) is 3.35. The molecule has 0 fully saturated rings. The van der Waals surface area contributed by atoms with Gasteiger partial charge in [-0.1, -0.05) is 0 Å². The topological polar surface area (TPSA) is 23.4 Å². The summed E-state index contributed by atoms with van der Waals surface area (Å²) in [4.78, 5) is 3.44. The molecule has 95 valence electrons. The van der Waals surface area contributed by atoms with Gasteiger partial charge in [0.2, 0.25) is 0 Å². The second kappa shape index (κ2) is 5.29. The Morgan fingerprint density at radius 2 is 1.85 bits per heavy atom. The maximum absolute atomic E-state index is 5.59. The molecule has 3 heteroatoms. The van der Waals surface area contributed by atoms with Crippen molar-refractivity contribution in [3.63, 3.8) is 0 Å². The van der Waals surface area contributed by atoms with E-state index in [2.05, 4.69) is 17.1 Å². The number of nitrogens with one attached hydrogen (secondary N) is 1. The zero-order valence-electron chi connectivity index (χ0n) is 11.3. The first-order valence-electron chi connectivity index (χ1n) is 6.46. The quantitative estimate of drug-likeness (QED) is 0.663. The molecule has 1 heterocycles. The van der Waals surface area contributed by atoms with E-state index < -0.39 is 0 Å². The number of aromatic amines is 1. The number of rotatable bonds is 3. The molecule has 0 atom stereocenters. The van der Waals surface area contributed by atoms with Gasteiger partial charge < -0.3 is 0 Å². The van der Waals surface area contributed by atoms with Gasteiger partial charge in [-0.15, -0.1) is 0 Å². The van der Waals surface area contributed by atoms with Crippen LogP contribution in [0.25, 0.3) is 22.2 Å². The summed E-state index contributed by atoms with van der Waals surface area (Å²) in [6, 6.07) is 18.2. The number of H-pyrrole nitrogens is 1. The molecule has 20 heavy (non-hydrogen) atoms. The molecule has 0 aliphatic heterocycles. The Bertz CT molecular complexity index is 769. The van der Waals surface area contributed by atoms with E-state index in [1.54, 1.807) is 13.1 Å². The molecule has 0 saturated heterocycles. The first-order valence-corrected chi connectivity index (χ1v) is 6.46. The number of hydrogen-bond donors (Lipinski definition) is 0. The summed E-state index contributed by atoms with van der Waals surface area (Å²) in [6.45, 7) is 0. The molecule has 3 rings (SSSR count). The van der Waals surface area contributed by atoms with Crippen LogP contribution in [0.4, 0.5) is 0 Å². The fourth-order valence-corrected chi connectivity index (χ4v) is 2.32. The molecule has 0 aliphatic rings. The van der Waals surface area contributed by atoms with E-state index in [-0.39, 0.29) is 0 Å². The summed E-state index contributed by atoms with van der Waals surface area (Å²) < 4.78 is 5.50. The van der Waals surface area contributed by atoms with Gasteiger partial charge >= 0.3 is 118 Å². The third-order valence-corrected chi connectivity index (χ3v) is 3.35. The molecule has 2 aromatic carbocycles. The van der Waals surface area contributed by atoms with E-state index >= 15 is 0 Å². The molecule has 2 nitrogen and oxygen atoms in total. The number of ether oxygens (including phenoxy) is 1. The Hall–Kier alpha value is -2.42. The van der Waals surface area contributed by atoms with Crippen LogP contribution in [-0.4, -0.2) is 20.6 Å². The number of hydrogen-bond acceptors (Lipinski definition) is 1. The molecule has 0 aliphatic carbocycles. The van der Waals surface area contributed by atoms with Crippen LogP contribution in [0.15, 0.2) is 54.6 Å². The zero-order valence-corrected chi connectivity index (χ0v) is 11.3. The average Bonchev–Trinajstić information content (AvgIpc) is 2.54. The van der Waals surface area contributed by atoms with Gasteiger partial charge in [-0.25, -0.2) is 0 Å². The average molecular weight is 259 g/mol.